The van der Waals surface area contributed by atoms with Crippen LogP contribution in [-0.2, 0) is 4.79 Å². The van der Waals surface area contributed by atoms with Crippen molar-refractivity contribution in [1.82, 2.24) is 5.32 Å². The molecule has 1 fully saturated rings. The van der Waals surface area contributed by atoms with Crippen LogP contribution in [0.2, 0.25) is 0 Å². The molecule has 6 heteroatoms. The van der Waals surface area contributed by atoms with Gasteiger partial charge in [0.15, 0.2) is 0 Å². The molecule has 1 amide bonds. The summed E-state index contributed by atoms with van der Waals surface area (Å²) in [4.78, 5) is 22.5. The molecule has 1 aromatic carbocycles. The van der Waals surface area contributed by atoms with Crippen LogP contribution >= 0.6 is 0 Å². The second kappa shape index (κ2) is 7.17. The predicted octanol–water partition coefficient (Wildman–Crippen LogP) is 2.24. The average molecular weight is 294 g/mol. The van der Waals surface area contributed by atoms with Crippen molar-refractivity contribution in [3.63, 3.8) is 0 Å². The van der Waals surface area contributed by atoms with Crippen LogP contribution in [0.4, 0.5) is 10.1 Å². The van der Waals surface area contributed by atoms with E-state index in [4.69, 9.17) is 5.11 Å². The summed E-state index contributed by atoms with van der Waals surface area (Å²) < 4.78 is 13.7. The van der Waals surface area contributed by atoms with E-state index in [1.54, 1.807) is 0 Å². The number of anilines is 1. The number of carboxylic acid groups (broad SMARTS) is 1. The molecule has 1 saturated heterocycles. The van der Waals surface area contributed by atoms with E-state index in [1.807, 2.05) is 0 Å². The number of halogens is 1. The van der Waals surface area contributed by atoms with Gasteiger partial charge in [0.25, 0.3) is 0 Å². The number of nitrogens with one attached hydrogen (secondary N) is 2. The summed E-state index contributed by atoms with van der Waals surface area (Å²) in [6, 6.07) is 3.46. The van der Waals surface area contributed by atoms with Gasteiger partial charge < -0.3 is 15.7 Å². The maximum absolute atomic E-state index is 13.7. The molecule has 114 valence electrons. The van der Waals surface area contributed by atoms with Crippen LogP contribution < -0.4 is 10.6 Å². The summed E-state index contributed by atoms with van der Waals surface area (Å²) in [7, 11) is 0. The quantitative estimate of drug-likeness (QED) is 0.778. The average Bonchev–Trinajstić information content (AvgIpc) is 2.48. The van der Waals surface area contributed by atoms with E-state index >= 15 is 0 Å². The first-order valence-electron chi connectivity index (χ1n) is 7.09. The minimum Gasteiger partial charge on any atom is -0.478 e. The summed E-state index contributed by atoms with van der Waals surface area (Å²) in [5, 5.41) is 14.5. The molecular formula is C15H19FN2O3. The molecule has 5 nitrogen and oxygen atoms in total. The van der Waals surface area contributed by atoms with Crippen LogP contribution in [0.1, 0.15) is 36.0 Å². The highest BCUT2D eigenvalue weighted by atomic mass is 19.1. The third-order valence-electron chi connectivity index (χ3n) is 3.73. The van der Waals surface area contributed by atoms with E-state index in [2.05, 4.69) is 10.6 Å². The van der Waals surface area contributed by atoms with Crippen LogP contribution in [0.5, 0.6) is 0 Å². The highest BCUT2D eigenvalue weighted by Crippen LogP contribution is 2.20. The second-order valence-electron chi connectivity index (χ2n) is 5.28. The predicted molar refractivity (Wildman–Crippen MR) is 76.8 cm³/mol. The maximum atomic E-state index is 13.7. The van der Waals surface area contributed by atoms with Crippen molar-refractivity contribution in [3.8, 4) is 0 Å². The normalized spacial score (nSPS) is 15.7. The lowest BCUT2D eigenvalue weighted by molar-refractivity contribution is -0.116. The number of aromatic carboxylic acids is 1. The molecule has 21 heavy (non-hydrogen) atoms. The highest BCUT2D eigenvalue weighted by molar-refractivity contribution is 5.92. The van der Waals surface area contributed by atoms with E-state index in [1.165, 1.54) is 12.1 Å². The first-order chi connectivity index (χ1) is 10.1. The fourth-order valence-corrected chi connectivity index (χ4v) is 2.47. The largest absolute Gasteiger partial charge is 0.478 e. The van der Waals surface area contributed by atoms with E-state index < -0.39 is 11.8 Å². The van der Waals surface area contributed by atoms with Gasteiger partial charge in [-0.25, -0.2) is 9.18 Å². The van der Waals surface area contributed by atoms with Crippen LogP contribution in [0.15, 0.2) is 18.2 Å². The molecule has 2 rings (SSSR count). The smallest absolute Gasteiger partial charge is 0.335 e. The Balaban J connectivity index is 1.85. The van der Waals surface area contributed by atoms with Gasteiger partial charge in [0.2, 0.25) is 5.91 Å². The first-order valence-corrected chi connectivity index (χ1v) is 7.09. The van der Waals surface area contributed by atoms with Crippen molar-refractivity contribution < 1.29 is 19.1 Å². The van der Waals surface area contributed by atoms with Gasteiger partial charge in [-0.15, -0.1) is 0 Å². The van der Waals surface area contributed by atoms with Crippen molar-refractivity contribution in [2.75, 3.05) is 18.4 Å². The summed E-state index contributed by atoms with van der Waals surface area (Å²) in [5.41, 5.74) is -0.115. The lowest BCUT2D eigenvalue weighted by Crippen LogP contribution is -2.28. The number of hydrogen-bond acceptors (Lipinski definition) is 3. The number of benzene rings is 1. The lowest BCUT2D eigenvalue weighted by Gasteiger charge is -2.22. The molecule has 0 aromatic heterocycles. The van der Waals surface area contributed by atoms with Crippen LogP contribution in [-0.4, -0.2) is 30.1 Å². The summed E-state index contributed by atoms with van der Waals surface area (Å²) >= 11 is 0. The van der Waals surface area contributed by atoms with E-state index in [9.17, 15) is 14.0 Å². The monoisotopic (exact) mass is 294 g/mol. The van der Waals surface area contributed by atoms with E-state index in [0.717, 1.165) is 38.4 Å². The van der Waals surface area contributed by atoms with Crippen LogP contribution in [0, 0.1) is 11.7 Å². The highest BCUT2D eigenvalue weighted by Gasteiger charge is 2.15. The number of rotatable bonds is 5. The van der Waals surface area contributed by atoms with E-state index in [0.29, 0.717) is 12.3 Å². The molecule has 0 saturated carbocycles. The van der Waals surface area contributed by atoms with Gasteiger partial charge in [0.1, 0.15) is 5.82 Å². The van der Waals surface area contributed by atoms with Crippen molar-refractivity contribution in [3.05, 3.63) is 29.6 Å². The summed E-state index contributed by atoms with van der Waals surface area (Å²) in [6.45, 7) is 1.97. The Bertz CT molecular complexity index is 528. The minimum atomic E-state index is -1.20. The molecule has 1 aliphatic rings. The topological polar surface area (TPSA) is 78.4 Å². The van der Waals surface area contributed by atoms with Gasteiger partial charge >= 0.3 is 5.97 Å². The molecule has 0 unspecified atom stereocenters. The first kappa shape index (κ1) is 15.4. The zero-order valence-electron chi connectivity index (χ0n) is 11.7. The van der Waals surface area contributed by atoms with Gasteiger partial charge in [-0.05, 0) is 56.5 Å². The fraction of sp³-hybridized carbons (Fsp3) is 0.467. The Hall–Kier alpha value is -1.95. The van der Waals surface area contributed by atoms with Crippen molar-refractivity contribution in [1.29, 1.82) is 0 Å². The molecule has 0 spiro atoms. The van der Waals surface area contributed by atoms with Gasteiger partial charge in [-0.1, -0.05) is 0 Å². The Morgan fingerprint density at radius 2 is 2.05 bits per heavy atom. The van der Waals surface area contributed by atoms with Gasteiger partial charge in [0.05, 0.1) is 11.3 Å². The van der Waals surface area contributed by atoms with Crippen molar-refractivity contribution in [2.24, 2.45) is 5.92 Å². The number of hydrogen-bond donors (Lipinski definition) is 3. The third kappa shape index (κ3) is 4.53. The third-order valence-corrected chi connectivity index (χ3v) is 3.73. The molecule has 3 N–H and O–H groups in total. The number of amides is 1. The molecule has 0 radical (unpaired) electrons. The van der Waals surface area contributed by atoms with E-state index in [-0.39, 0.29) is 17.2 Å². The van der Waals surface area contributed by atoms with Gasteiger partial charge in [-0.2, -0.15) is 0 Å². The molecule has 0 atom stereocenters. The van der Waals surface area contributed by atoms with Crippen molar-refractivity contribution in [2.45, 2.75) is 25.7 Å². The molecule has 1 heterocycles. The zero-order chi connectivity index (χ0) is 15.2. The van der Waals surface area contributed by atoms with Crippen molar-refractivity contribution >= 4 is 17.6 Å². The van der Waals surface area contributed by atoms with Crippen LogP contribution in [0.25, 0.3) is 0 Å². The summed E-state index contributed by atoms with van der Waals surface area (Å²) in [6.07, 6.45) is 3.27. The Morgan fingerprint density at radius 1 is 1.33 bits per heavy atom. The zero-order valence-corrected chi connectivity index (χ0v) is 11.7. The molecule has 1 aromatic rings. The second-order valence-corrected chi connectivity index (χ2v) is 5.28. The Morgan fingerprint density at radius 3 is 2.67 bits per heavy atom. The van der Waals surface area contributed by atoms with Gasteiger partial charge in [-0.3, -0.25) is 4.79 Å². The lowest BCUT2D eigenvalue weighted by atomic mass is 9.93. The molecule has 0 bridgehead atoms. The molecular weight excluding hydrogens is 275 g/mol. The number of carboxylic acids is 1. The summed E-state index contributed by atoms with van der Waals surface area (Å²) in [5.74, 6) is -1.63. The minimum absolute atomic E-state index is 0.0234. The van der Waals surface area contributed by atoms with Crippen LogP contribution in [0.3, 0.4) is 0 Å². The Labute approximate surface area is 122 Å². The van der Waals surface area contributed by atoms with Gasteiger partial charge in [0, 0.05) is 6.42 Å². The number of carbonyl (C=O) groups excluding carboxylic acids is 1. The number of carbonyl (C=O) groups is 2. The SMILES string of the molecule is O=C(CCC1CCNCC1)Nc1ccc(C(=O)O)cc1F. The fourth-order valence-electron chi connectivity index (χ4n) is 2.47. The number of piperidine rings is 1. The molecule has 0 aliphatic carbocycles. The maximum Gasteiger partial charge on any atom is 0.335 e. The standard InChI is InChI=1S/C15H19FN2O3/c16-12-9-11(15(20)21)2-3-13(12)18-14(19)4-1-10-5-7-17-8-6-10/h2-3,9-10,17H,1,4-8H2,(H,18,19)(H,20,21). The molecule has 1 aliphatic heterocycles. The Kier molecular flexibility index (Phi) is 5.27.